The molecule has 0 radical (unpaired) electrons. The average Bonchev–Trinajstić information content (AvgIpc) is 2.97. The van der Waals surface area contributed by atoms with Crippen molar-refractivity contribution in [2.75, 3.05) is 6.61 Å². The fourth-order valence-electron chi connectivity index (χ4n) is 2.93. The summed E-state index contributed by atoms with van der Waals surface area (Å²) in [6, 6.07) is 7.93. The number of benzene rings is 1. The number of nitrogens with zero attached hydrogens (tertiary/aromatic N) is 2. The summed E-state index contributed by atoms with van der Waals surface area (Å²) < 4.78 is 20.2. The lowest BCUT2D eigenvalue weighted by molar-refractivity contribution is 0.0516. The van der Waals surface area contributed by atoms with Crippen molar-refractivity contribution in [3.63, 3.8) is 0 Å². The quantitative estimate of drug-likeness (QED) is 0.709. The lowest BCUT2D eigenvalue weighted by Gasteiger charge is -2.22. The molecule has 0 aliphatic rings. The molecule has 0 saturated carbocycles. The van der Waals surface area contributed by atoms with Crippen LogP contribution in [0.3, 0.4) is 0 Å². The number of esters is 1. The molecule has 0 atom stereocenters. The van der Waals surface area contributed by atoms with Crippen LogP contribution in [-0.2, 0) is 10.2 Å². The number of carbonyl (C=O) groups is 1. The van der Waals surface area contributed by atoms with E-state index in [-0.39, 0.29) is 29.3 Å². The van der Waals surface area contributed by atoms with Crippen LogP contribution in [0.2, 0.25) is 0 Å². The molecule has 0 aliphatic carbocycles. The smallest absolute Gasteiger partial charge is 0.360 e. The second-order valence-corrected chi connectivity index (χ2v) is 7.07. The molecule has 0 amide bonds. The summed E-state index contributed by atoms with van der Waals surface area (Å²) in [5.41, 5.74) is 1.90. The first-order valence-electron chi connectivity index (χ1n) is 8.41. The van der Waals surface area contributed by atoms with Crippen LogP contribution >= 0.6 is 0 Å². The Morgan fingerprint density at radius 3 is 2.50 bits per heavy atom. The summed E-state index contributed by atoms with van der Waals surface area (Å²) >= 11 is 0. The molecule has 2 heterocycles. The van der Waals surface area contributed by atoms with Crippen molar-refractivity contribution in [1.29, 1.82) is 0 Å². The molecule has 0 fully saturated rings. The van der Waals surface area contributed by atoms with Gasteiger partial charge in [0.2, 0.25) is 0 Å². The lowest BCUT2D eigenvalue weighted by atomic mass is 9.92. The first-order chi connectivity index (χ1) is 12.2. The molecule has 26 heavy (non-hydrogen) atoms. The van der Waals surface area contributed by atoms with Gasteiger partial charge >= 0.3 is 5.97 Å². The Bertz CT molecular complexity index is 969. The molecule has 136 valence electrons. The first kappa shape index (κ1) is 17.9. The molecular formula is C20H21FN2O3. The highest BCUT2D eigenvalue weighted by atomic mass is 19.1. The van der Waals surface area contributed by atoms with Gasteiger partial charge in [-0.1, -0.05) is 20.8 Å². The highest BCUT2D eigenvalue weighted by molar-refractivity contribution is 5.99. The van der Waals surface area contributed by atoms with Crippen molar-refractivity contribution >= 4 is 16.9 Å². The number of rotatable bonds is 3. The predicted molar refractivity (Wildman–Crippen MR) is 97.3 cm³/mol. The Kier molecular flexibility index (Phi) is 4.44. The fraction of sp³-hybridized carbons (Fsp3) is 0.300. The van der Waals surface area contributed by atoms with Gasteiger partial charge in [0.15, 0.2) is 11.4 Å². The third kappa shape index (κ3) is 3.03. The third-order valence-electron chi connectivity index (χ3n) is 4.16. The second kappa shape index (κ2) is 6.44. The molecule has 1 aromatic carbocycles. The van der Waals surface area contributed by atoms with Crippen LogP contribution in [0.5, 0.6) is 5.75 Å². The highest BCUT2D eigenvalue weighted by Crippen LogP contribution is 2.37. The predicted octanol–water partition coefficient (Wildman–Crippen LogP) is 4.34. The minimum absolute atomic E-state index is 0.115. The van der Waals surface area contributed by atoms with Crippen LogP contribution in [-0.4, -0.2) is 27.2 Å². The fourth-order valence-corrected chi connectivity index (χ4v) is 2.93. The number of hydrogen-bond acceptors (Lipinski definition) is 4. The Morgan fingerprint density at radius 2 is 1.92 bits per heavy atom. The molecule has 2 aromatic heterocycles. The van der Waals surface area contributed by atoms with E-state index in [9.17, 15) is 14.3 Å². The molecule has 3 rings (SSSR count). The van der Waals surface area contributed by atoms with Gasteiger partial charge in [0, 0.05) is 22.2 Å². The van der Waals surface area contributed by atoms with Gasteiger partial charge in [0.1, 0.15) is 5.82 Å². The second-order valence-electron chi connectivity index (χ2n) is 7.07. The summed E-state index contributed by atoms with van der Waals surface area (Å²) in [4.78, 5) is 16.1. The van der Waals surface area contributed by atoms with E-state index >= 15 is 0 Å². The van der Waals surface area contributed by atoms with Crippen LogP contribution in [0.25, 0.3) is 16.6 Å². The molecular weight excluding hydrogens is 335 g/mol. The van der Waals surface area contributed by atoms with E-state index in [0.717, 1.165) is 11.4 Å². The Hall–Kier alpha value is -2.89. The number of aromatic hydroxyl groups is 1. The van der Waals surface area contributed by atoms with Crippen LogP contribution < -0.4 is 0 Å². The van der Waals surface area contributed by atoms with Crippen molar-refractivity contribution in [1.82, 2.24) is 9.55 Å². The van der Waals surface area contributed by atoms with E-state index in [1.54, 1.807) is 19.1 Å². The van der Waals surface area contributed by atoms with Gasteiger partial charge in [-0.3, -0.25) is 0 Å². The maximum Gasteiger partial charge on any atom is 0.360 e. The summed E-state index contributed by atoms with van der Waals surface area (Å²) in [5.74, 6) is -1.21. The maximum absolute atomic E-state index is 13.3. The number of pyridine rings is 1. The summed E-state index contributed by atoms with van der Waals surface area (Å²) in [6.45, 7) is 8.01. The topological polar surface area (TPSA) is 64.3 Å². The average molecular weight is 356 g/mol. The SMILES string of the molecule is CCOC(=O)c1ncc2c(cc(C(C)(C)C)n2-c2ccc(F)cc2)c1O. The standard InChI is InChI=1S/C20H21FN2O3/c1-5-26-19(25)17-18(24)14-10-16(20(2,3)4)23(15(14)11-22-17)13-8-6-12(21)7-9-13/h6-11,24H,5H2,1-4H3. The minimum atomic E-state index is -0.668. The van der Waals surface area contributed by atoms with Crippen LogP contribution in [0.4, 0.5) is 4.39 Å². The van der Waals surface area contributed by atoms with Gasteiger partial charge in [-0.2, -0.15) is 0 Å². The van der Waals surface area contributed by atoms with Gasteiger partial charge in [-0.15, -0.1) is 0 Å². The Balaban J connectivity index is 2.30. The molecule has 3 aromatic rings. The summed E-state index contributed by atoms with van der Waals surface area (Å²) in [5, 5.41) is 11.1. The van der Waals surface area contributed by atoms with Gasteiger partial charge in [-0.25, -0.2) is 14.2 Å². The van der Waals surface area contributed by atoms with E-state index in [4.69, 9.17) is 4.74 Å². The minimum Gasteiger partial charge on any atom is -0.505 e. The number of carbonyl (C=O) groups excluding carboxylic acids is 1. The molecule has 6 heteroatoms. The van der Waals surface area contributed by atoms with E-state index in [1.807, 2.05) is 31.4 Å². The molecule has 5 nitrogen and oxygen atoms in total. The molecule has 0 unspecified atom stereocenters. The molecule has 0 saturated heterocycles. The van der Waals surface area contributed by atoms with Gasteiger partial charge in [0.05, 0.1) is 18.3 Å². The van der Waals surface area contributed by atoms with Crippen molar-refractivity contribution in [3.8, 4) is 11.4 Å². The van der Waals surface area contributed by atoms with Crippen LogP contribution in [0, 0.1) is 5.82 Å². The van der Waals surface area contributed by atoms with E-state index in [1.165, 1.54) is 18.3 Å². The normalized spacial score (nSPS) is 11.7. The van der Waals surface area contributed by atoms with Crippen LogP contribution in [0.1, 0.15) is 43.9 Å². The van der Waals surface area contributed by atoms with Gasteiger partial charge < -0.3 is 14.4 Å². The zero-order valence-corrected chi connectivity index (χ0v) is 15.2. The molecule has 1 N–H and O–H groups in total. The molecule has 0 aliphatic heterocycles. The number of ether oxygens (including phenoxy) is 1. The van der Waals surface area contributed by atoms with E-state index in [2.05, 4.69) is 4.98 Å². The van der Waals surface area contributed by atoms with E-state index in [0.29, 0.717) is 10.9 Å². The third-order valence-corrected chi connectivity index (χ3v) is 4.16. The van der Waals surface area contributed by atoms with Crippen molar-refractivity contribution in [3.05, 3.63) is 53.7 Å². The number of hydrogen-bond donors (Lipinski definition) is 1. The molecule has 0 spiro atoms. The Labute approximate surface area is 151 Å². The van der Waals surface area contributed by atoms with Gasteiger partial charge in [0.25, 0.3) is 0 Å². The van der Waals surface area contributed by atoms with Crippen molar-refractivity contribution in [2.24, 2.45) is 0 Å². The van der Waals surface area contributed by atoms with Crippen LogP contribution in [0.15, 0.2) is 36.5 Å². The summed E-state index contributed by atoms with van der Waals surface area (Å²) in [6.07, 6.45) is 1.53. The largest absolute Gasteiger partial charge is 0.505 e. The van der Waals surface area contributed by atoms with E-state index < -0.39 is 5.97 Å². The highest BCUT2D eigenvalue weighted by Gasteiger charge is 2.26. The monoisotopic (exact) mass is 356 g/mol. The zero-order chi connectivity index (χ0) is 19.1. The summed E-state index contributed by atoms with van der Waals surface area (Å²) in [7, 11) is 0. The Morgan fingerprint density at radius 1 is 1.27 bits per heavy atom. The van der Waals surface area contributed by atoms with Crippen molar-refractivity contribution < 1.29 is 19.0 Å². The number of halogens is 1. The zero-order valence-electron chi connectivity index (χ0n) is 15.2. The maximum atomic E-state index is 13.3. The van der Waals surface area contributed by atoms with Crippen molar-refractivity contribution in [2.45, 2.75) is 33.1 Å². The molecule has 0 bridgehead atoms. The lowest BCUT2D eigenvalue weighted by Crippen LogP contribution is -2.16. The van der Waals surface area contributed by atoms with Gasteiger partial charge in [-0.05, 0) is 37.3 Å². The number of aromatic nitrogens is 2. The number of fused-ring (bicyclic) bond motifs is 1. The first-order valence-corrected chi connectivity index (χ1v) is 8.41.